The number of anilines is 1. The van der Waals surface area contributed by atoms with E-state index in [2.05, 4.69) is 181 Å². The van der Waals surface area contributed by atoms with Crippen LogP contribution in [0.15, 0.2) is 176 Å². The number of rotatable bonds is 9. The van der Waals surface area contributed by atoms with E-state index in [1.807, 2.05) is 0 Å². The first-order valence-corrected chi connectivity index (χ1v) is 13.9. The molecule has 0 saturated carbocycles. The normalized spacial score (nSPS) is 11.2. The third kappa shape index (κ3) is 5.19. The van der Waals surface area contributed by atoms with Crippen molar-refractivity contribution >= 4 is 5.69 Å². The van der Waals surface area contributed by atoms with Gasteiger partial charge in [0.2, 0.25) is 0 Å². The first kappa shape index (κ1) is 25.4. The van der Waals surface area contributed by atoms with Gasteiger partial charge in [0.25, 0.3) is 0 Å². The van der Waals surface area contributed by atoms with Crippen molar-refractivity contribution in [1.82, 2.24) is 0 Å². The minimum absolute atomic E-state index is 0.438. The van der Waals surface area contributed by atoms with Gasteiger partial charge in [-0.25, -0.2) is 0 Å². The van der Waals surface area contributed by atoms with E-state index in [1.165, 1.54) is 39.1 Å². The van der Waals surface area contributed by atoms with Crippen molar-refractivity contribution in [2.45, 2.75) is 18.5 Å². The molecule has 6 rings (SSSR count). The number of benzene rings is 6. The molecule has 0 heterocycles. The van der Waals surface area contributed by atoms with Crippen LogP contribution in [0.25, 0.3) is 0 Å². The Labute approximate surface area is 238 Å². The van der Waals surface area contributed by atoms with Crippen LogP contribution in [0.3, 0.4) is 0 Å². The molecule has 0 atom stereocenters. The second-order valence-corrected chi connectivity index (χ2v) is 10.2. The fourth-order valence-electron chi connectivity index (χ4n) is 5.83. The van der Waals surface area contributed by atoms with E-state index >= 15 is 0 Å². The van der Waals surface area contributed by atoms with Crippen LogP contribution >= 0.6 is 0 Å². The summed E-state index contributed by atoms with van der Waals surface area (Å²) in [5.41, 5.74) is 8.39. The summed E-state index contributed by atoms with van der Waals surface area (Å²) in [6, 6.07) is 63.4. The van der Waals surface area contributed by atoms with Crippen LogP contribution in [0.5, 0.6) is 0 Å². The molecule has 0 saturated heterocycles. The Morgan fingerprint density at radius 3 is 0.975 bits per heavy atom. The highest BCUT2D eigenvalue weighted by Crippen LogP contribution is 2.45. The van der Waals surface area contributed by atoms with E-state index in [9.17, 15) is 0 Å². The van der Waals surface area contributed by atoms with Crippen molar-refractivity contribution in [1.29, 1.82) is 0 Å². The predicted octanol–water partition coefficient (Wildman–Crippen LogP) is 9.28. The van der Waals surface area contributed by atoms with E-state index < -0.39 is 5.41 Å². The molecule has 0 spiro atoms. The first-order chi connectivity index (χ1) is 19.8. The predicted molar refractivity (Wildman–Crippen MR) is 168 cm³/mol. The van der Waals surface area contributed by atoms with Gasteiger partial charge in [0, 0.05) is 18.8 Å². The van der Waals surface area contributed by atoms with E-state index in [4.69, 9.17) is 0 Å². The molecule has 0 aliphatic carbocycles. The first-order valence-electron chi connectivity index (χ1n) is 13.9. The van der Waals surface area contributed by atoms with E-state index in [0.717, 1.165) is 13.1 Å². The Morgan fingerprint density at radius 1 is 0.325 bits per heavy atom. The minimum atomic E-state index is -0.438. The molecule has 6 aromatic rings. The molecule has 0 amide bonds. The molecule has 1 heteroatoms. The Balaban J connectivity index is 1.48. The molecule has 0 radical (unpaired) electrons. The number of hydrogen-bond donors (Lipinski definition) is 0. The lowest BCUT2D eigenvalue weighted by atomic mass is 9.65. The van der Waals surface area contributed by atoms with Gasteiger partial charge in [-0.05, 0) is 45.5 Å². The third-order valence-corrected chi connectivity index (χ3v) is 7.72. The lowest BCUT2D eigenvalue weighted by Crippen LogP contribution is -2.31. The zero-order valence-corrected chi connectivity index (χ0v) is 22.6. The Morgan fingerprint density at radius 2 is 0.625 bits per heavy atom. The average molecular weight is 516 g/mol. The number of nitrogens with zero attached hydrogens (tertiary/aromatic N) is 1. The summed E-state index contributed by atoms with van der Waals surface area (Å²) in [4.78, 5) is 2.46. The SMILES string of the molecule is c1ccc(CN(Cc2ccccc2)c2ccc(C(c3ccccc3)(c3ccccc3)c3ccccc3)cc2)cc1. The second-order valence-electron chi connectivity index (χ2n) is 10.2. The summed E-state index contributed by atoms with van der Waals surface area (Å²) in [5.74, 6) is 0. The highest BCUT2D eigenvalue weighted by Gasteiger charge is 2.38. The van der Waals surface area contributed by atoms with Gasteiger partial charge in [-0.3, -0.25) is 0 Å². The van der Waals surface area contributed by atoms with E-state index in [1.54, 1.807) is 0 Å². The molecule has 0 aromatic heterocycles. The van der Waals surface area contributed by atoms with Crippen LogP contribution in [0, 0.1) is 0 Å². The minimum Gasteiger partial charge on any atom is -0.363 e. The molecule has 0 aliphatic rings. The maximum atomic E-state index is 2.46. The highest BCUT2D eigenvalue weighted by atomic mass is 15.1. The van der Waals surface area contributed by atoms with Crippen LogP contribution in [0.1, 0.15) is 33.4 Å². The van der Waals surface area contributed by atoms with E-state index in [0.29, 0.717) is 0 Å². The summed E-state index contributed by atoms with van der Waals surface area (Å²) in [6.07, 6.45) is 0. The average Bonchev–Trinajstić information content (AvgIpc) is 3.04. The van der Waals surface area contributed by atoms with Gasteiger partial charge in [0.1, 0.15) is 0 Å². The Kier molecular flexibility index (Phi) is 7.55. The van der Waals surface area contributed by atoms with Gasteiger partial charge < -0.3 is 4.90 Å². The third-order valence-electron chi connectivity index (χ3n) is 7.72. The fourth-order valence-corrected chi connectivity index (χ4v) is 5.83. The zero-order valence-electron chi connectivity index (χ0n) is 22.6. The smallest absolute Gasteiger partial charge is 0.0701 e. The van der Waals surface area contributed by atoms with Crippen LogP contribution in [0.4, 0.5) is 5.69 Å². The molecular formula is C39H33N. The summed E-state index contributed by atoms with van der Waals surface area (Å²) < 4.78 is 0. The fraction of sp³-hybridized carbons (Fsp3) is 0.0769. The summed E-state index contributed by atoms with van der Waals surface area (Å²) in [7, 11) is 0. The highest BCUT2D eigenvalue weighted by molar-refractivity contribution is 5.62. The number of hydrogen-bond acceptors (Lipinski definition) is 1. The van der Waals surface area contributed by atoms with Crippen molar-refractivity contribution in [3.05, 3.63) is 209 Å². The van der Waals surface area contributed by atoms with Crippen LogP contribution in [-0.2, 0) is 18.5 Å². The summed E-state index contributed by atoms with van der Waals surface area (Å²) in [6.45, 7) is 1.69. The lowest BCUT2D eigenvalue weighted by molar-refractivity contribution is 0.743. The van der Waals surface area contributed by atoms with Gasteiger partial charge >= 0.3 is 0 Å². The van der Waals surface area contributed by atoms with Gasteiger partial charge in [0.15, 0.2) is 0 Å². The maximum Gasteiger partial charge on any atom is 0.0701 e. The van der Waals surface area contributed by atoms with Crippen molar-refractivity contribution in [3.8, 4) is 0 Å². The molecular weight excluding hydrogens is 482 g/mol. The van der Waals surface area contributed by atoms with Crippen molar-refractivity contribution < 1.29 is 0 Å². The Hall–Kier alpha value is -4.88. The largest absolute Gasteiger partial charge is 0.363 e. The van der Waals surface area contributed by atoms with Crippen LogP contribution < -0.4 is 4.90 Å². The molecule has 0 N–H and O–H groups in total. The van der Waals surface area contributed by atoms with Crippen LogP contribution in [0.2, 0.25) is 0 Å². The molecule has 40 heavy (non-hydrogen) atoms. The van der Waals surface area contributed by atoms with Gasteiger partial charge in [0.05, 0.1) is 5.41 Å². The summed E-state index contributed by atoms with van der Waals surface area (Å²) in [5, 5.41) is 0. The zero-order chi connectivity index (χ0) is 27.0. The quantitative estimate of drug-likeness (QED) is 0.173. The maximum absolute atomic E-state index is 2.46. The standard InChI is InChI=1S/C39H33N/c1-6-16-32(17-7-1)30-40(31-33-18-8-2-9-19-33)38-28-26-37(27-29-38)39(34-20-10-3-11-21-34,35-22-12-4-13-23-35)36-24-14-5-15-25-36/h1-29H,30-31H2. The van der Waals surface area contributed by atoms with Crippen LogP contribution in [-0.4, -0.2) is 0 Å². The van der Waals surface area contributed by atoms with Gasteiger partial charge in [-0.2, -0.15) is 0 Å². The molecule has 194 valence electrons. The Bertz CT molecular complexity index is 1460. The second kappa shape index (κ2) is 11.9. The monoisotopic (exact) mass is 515 g/mol. The molecule has 6 aromatic carbocycles. The van der Waals surface area contributed by atoms with Crippen molar-refractivity contribution in [2.24, 2.45) is 0 Å². The molecule has 1 nitrogen and oxygen atoms in total. The van der Waals surface area contributed by atoms with Crippen molar-refractivity contribution in [3.63, 3.8) is 0 Å². The topological polar surface area (TPSA) is 3.24 Å². The van der Waals surface area contributed by atoms with E-state index in [-0.39, 0.29) is 0 Å². The van der Waals surface area contributed by atoms with Gasteiger partial charge in [-0.1, -0.05) is 164 Å². The molecule has 0 aliphatic heterocycles. The van der Waals surface area contributed by atoms with Crippen molar-refractivity contribution in [2.75, 3.05) is 4.90 Å². The van der Waals surface area contributed by atoms with Gasteiger partial charge in [-0.15, -0.1) is 0 Å². The molecule has 0 fully saturated rings. The molecule has 0 bridgehead atoms. The lowest BCUT2D eigenvalue weighted by Gasteiger charge is -2.37. The summed E-state index contributed by atoms with van der Waals surface area (Å²) >= 11 is 0. The molecule has 0 unspecified atom stereocenters.